The number of rotatable bonds is 3. The fraction of sp³-hybridized carbons (Fsp3) is 0.200. The minimum Gasteiger partial charge on any atom is -0.480 e. The number of nitrogens with two attached hydrogens (primary N) is 2. The topological polar surface area (TPSA) is 97.7 Å². The average molecular weight is 381 g/mol. The van der Waals surface area contributed by atoms with Crippen LogP contribution in [0.5, 0.6) is 5.88 Å². The van der Waals surface area contributed by atoms with Crippen LogP contribution in [0.15, 0.2) is 53.8 Å². The average Bonchev–Trinajstić information content (AvgIpc) is 2.68. The van der Waals surface area contributed by atoms with Crippen molar-refractivity contribution < 1.29 is 13.9 Å². The summed E-state index contributed by atoms with van der Waals surface area (Å²) in [5, 5.41) is 1.54. The molecule has 0 aliphatic carbocycles. The number of hydrogen-bond acceptors (Lipinski definition) is 7. The lowest BCUT2D eigenvalue weighted by Gasteiger charge is -2.35. The minimum atomic E-state index is -0.395. The monoisotopic (exact) mass is 381 g/mol. The highest BCUT2D eigenvalue weighted by Gasteiger charge is 2.28. The van der Waals surface area contributed by atoms with Gasteiger partial charge in [-0.1, -0.05) is 0 Å². The van der Waals surface area contributed by atoms with Gasteiger partial charge in [-0.2, -0.15) is 0 Å². The normalized spacial score (nSPS) is 16.5. The predicted octanol–water partition coefficient (Wildman–Crippen LogP) is 1.87. The number of aromatic nitrogens is 1. The number of ketones is 1. The van der Waals surface area contributed by atoms with Crippen molar-refractivity contribution in [2.75, 3.05) is 37.4 Å². The Hall–Kier alpha value is -3.39. The number of methoxy groups -OCH3 is 1. The molecule has 2 aliphatic heterocycles. The number of halogens is 1. The standard InChI is InChI=1S/C20H20FN5O2/c1-28-20-16(22)3-4-17(24-20)15-8-13(21)2-5-18(15)25-9-12-10-26(23)7-6-14(12)19(27)11-25/h2-8H,9-11,22-23H2,1H3. The lowest BCUT2D eigenvalue weighted by atomic mass is 9.95. The Morgan fingerprint density at radius 2 is 2.00 bits per heavy atom. The van der Waals surface area contributed by atoms with Crippen molar-refractivity contribution in [3.63, 3.8) is 0 Å². The third-order valence-corrected chi connectivity index (χ3v) is 4.86. The van der Waals surface area contributed by atoms with E-state index < -0.39 is 5.82 Å². The van der Waals surface area contributed by atoms with Gasteiger partial charge in [0.05, 0.1) is 31.6 Å². The molecule has 0 saturated heterocycles. The maximum absolute atomic E-state index is 14.0. The molecule has 0 radical (unpaired) electrons. The number of ether oxygens (including phenoxy) is 1. The maximum atomic E-state index is 14.0. The summed E-state index contributed by atoms with van der Waals surface area (Å²) in [5.41, 5.74) is 9.65. The van der Waals surface area contributed by atoms with E-state index in [1.165, 1.54) is 24.3 Å². The highest BCUT2D eigenvalue weighted by molar-refractivity contribution is 6.04. The number of anilines is 2. The second kappa shape index (κ2) is 6.97. The lowest BCUT2D eigenvalue weighted by molar-refractivity contribution is -0.114. The summed E-state index contributed by atoms with van der Waals surface area (Å²) in [4.78, 5) is 18.9. The first-order valence-electron chi connectivity index (χ1n) is 8.76. The van der Waals surface area contributed by atoms with Crippen molar-refractivity contribution in [1.29, 1.82) is 0 Å². The number of carbonyl (C=O) groups is 1. The van der Waals surface area contributed by atoms with Gasteiger partial charge in [-0.15, -0.1) is 0 Å². The van der Waals surface area contributed by atoms with Gasteiger partial charge in [0.15, 0.2) is 5.78 Å². The number of carbonyl (C=O) groups excluding carboxylic acids is 1. The first-order valence-corrected chi connectivity index (χ1v) is 8.76. The van der Waals surface area contributed by atoms with Crippen LogP contribution >= 0.6 is 0 Å². The lowest BCUT2D eigenvalue weighted by Crippen LogP contribution is -2.43. The van der Waals surface area contributed by atoms with Crippen LogP contribution in [0.1, 0.15) is 0 Å². The van der Waals surface area contributed by atoms with E-state index in [-0.39, 0.29) is 18.2 Å². The Kier molecular flexibility index (Phi) is 4.48. The molecule has 7 nitrogen and oxygen atoms in total. The zero-order valence-electron chi connectivity index (χ0n) is 15.4. The molecule has 1 aromatic carbocycles. The molecular weight excluding hydrogens is 361 g/mol. The van der Waals surface area contributed by atoms with Crippen molar-refractivity contribution in [3.05, 3.63) is 59.6 Å². The summed E-state index contributed by atoms with van der Waals surface area (Å²) in [6.45, 7) is 1.18. The smallest absolute Gasteiger partial charge is 0.237 e. The second-order valence-electron chi connectivity index (χ2n) is 6.74. The Morgan fingerprint density at radius 1 is 1.18 bits per heavy atom. The van der Waals surface area contributed by atoms with E-state index in [1.807, 2.05) is 4.90 Å². The number of benzene rings is 1. The highest BCUT2D eigenvalue weighted by atomic mass is 19.1. The molecule has 0 amide bonds. The molecular formula is C20H20FN5O2. The van der Waals surface area contributed by atoms with Gasteiger partial charge >= 0.3 is 0 Å². The van der Waals surface area contributed by atoms with Gasteiger partial charge in [-0.3, -0.25) is 4.79 Å². The third-order valence-electron chi connectivity index (χ3n) is 4.86. The van der Waals surface area contributed by atoms with Crippen molar-refractivity contribution in [3.8, 4) is 17.1 Å². The fourth-order valence-electron chi connectivity index (χ4n) is 3.54. The molecule has 1 aromatic heterocycles. The van der Waals surface area contributed by atoms with Gasteiger partial charge in [0.2, 0.25) is 5.88 Å². The number of pyridine rings is 1. The first kappa shape index (κ1) is 18.0. The van der Waals surface area contributed by atoms with Crippen molar-refractivity contribution >= 4 is 17.2 Å². The predicted molar refractivity (Wildman–Crippen MR) is 105 cm³/mol. The third kappa shape index (κ3) is 3.18. The van der Waals surface area contributed by atoms with Gasteiger partial charge in [-0.25, -0.2) is 15.2 Å². The summed E-state index contributed by atoms with van der Waals surface area (Å²) in [7, 11) is 1.47. The van der Waals surface area contributed by atoms with E-state index in [2.05, 4.69) is 4.98 Å². The number of hydrazine groups is 1. The maximum Gasteiger partial charge on any atom is 0.237 e. The largest absolute Gasteiger partial charge is 0.480 e. The molecule has 0 spiro atoms. The molecule has 2 aliphatic rings. The molecule has 0 unspecified atom stereocenters. The minimum absolute atomic E-state index is 0.00345. The molecule has 0 saturated carbocycles. The molecule has 144 valence electrons. The number of allylic oxidation sites excluding steroid dienone is 1. The molecule has 4 N–H and O–H groups in total. The highest BCUT2D eigenvalue weighted by Crippen LogP contribution is 2.35. The molecule has 3 heterocycles. The summed E-state index contributed by atoms with van der Waals surface area (Å²) >= 11 is 0. The summed E-state index contributed by atoms with van der Waals surface area (Å²) in [5.74, 6) is 5.73. The first-order chi connectivity index (χ1) is 13.5. The number of nitrogen functional groups attached to an aromatic ring is 1. The number of Topliss-reactive ketones (excluding diaryl/α,β-unsaturated/α-hetero) is 1. The van der Waals surface area contributed by atoms with E-state index in [0.717, 1.165) is 5.57 Å². The van der Waals surface area contributed by atoms with Gasteiger partial charge in [0.25, 0.3) is 0 Å². The van der Waals surface area contributed by atoms with Gasteiger partial charge in [0, 0.05) is 29.6 Å². The van der Waals surface area contributed by atoms with E-state index in [0.29, 0.717) is 41.3 Å². The summed E-state index contributed by atoms with van der Waals surface area (Å²) in [6.07, 6.45) is 3.44. The Labute approximate surface area is 161 Å². The summed E-state index contributed by atoms with van der Waals surface area (Å²) < 4.78 is 19.2. The quantitative estimate of drug-likeness (QED) is 0.783. The van der Waals surface area contributed by atoms with Crippen LogP contribution in [0.25, 0.3) is 11.3 Å². The Bertz CT molecular complexity index is 1020. The van der Waals surface area contributed by atoms with E-state index in [9.17, 15) is 9.18 Å². The van der Waals surface area contributed by atoms with Crippen LogP contribution in [0, 0.1) is 5.82 Å². The zero-order valence-corrected chi connectivity index (χ0v) is 15.4. The second-order valence-corrected chi connectivity index (χ2v) is 6.74. The van der Waals surface area contributed by atoms with Crippen LogP contribution in [-0.2, 0) is 4.79 Å². The number of nitrogens with zero attached hydrogens (tertiary/aromatic N) is 3. The van der Waals surface area contributed by atoms with Crippen LogP contribution in [0.2, 0.25) is 0 Å². The van der Waals surface area contributed by atoms with Crippen molar-refractivity contribution in [1.82, 2.24) is 9.99 Å². The fourth-order valence-corrected chi connectivity index (χ4v) is 3.54. The van der Waals surface area contributed by atoms with E-state index in [4.69, 9.17) is 16.3 Å². The molecule has 2 aromatic rings. The Balaban J connectivity index is 1.77. The van der Waals surface area contributed by atoms with E-state index >= 15 is 0 Å². The van der Waals surface area contributed by atoms with E-state index in [1.54, 1.807) is 30.5 Å². The van der Waals surface area contributed by atoms with Crippen LogP contribution in [0.3, 0.4) is 0 Å². The van der Waals surface area contributed by atoms with Crippen LogP contribution in [-0.4, -0.2) is 42.5 Å². The van der Waals surface area contributed by atoms with Gasteiger partial charge in [-0.05, 0) is 42.0 Å². The zero-order chi connectivity index (χ0) is 19.8. The molecule has 8 heteroatoms. The molecule has 28 heavy (non-hydrogen) atoms. The van der Waals surface area contributed by atoms with Crippen molar-refractivity contribution in [2.45, 2.75) is 0 Å². The van der Waals surface area contributed by atoms with Crippen molar-refractivity contribution in [2.24, 2.45) is 5.84 Å². The molecule has 0 fully saturated rings. The van der Waals surface area contributed by atoms with Crippen LogP contribution < -0.4 is 21.2 Å². The summed E-state index contributed by atoms with van der Waals surface area (Å²) in [6, 6.07) is 7.80. The number of hydrogen-bond donors (Lipinski definition) is 2. The Morgan fingerprint density at radius 3 is 2.79 bits per heavy atom. The van der Waals surface area contributed by atoms with Gasteiger partial charge < -0.3 is 20.4 Å². The molecule has 4 rings (SSSR count). The molecule has 0 atom stereocenters. The molecule has 0 bridgehead atoms. The van der Waals surface area contributed by atoms with Gasteiger partial charge in [0.1, 0.15) is 5.82 Å². The van der Waals surface area contributed by atoms with Crippen LogP contribution in [0.4, 0.5) is 15.8 Å². The SMILES string of the molecule is COc1nc(-c2cc(F)ccc2N2CC(=O)C3=C(CN(N)C=C3)C2)ccc1N.